The fourth-order valence-corrected chi connectivity index (χ4v) is 21.1. The lowest BCUT2D eigenvalue weighted by molar-refractivity contribution is -0.123. The second-order valence-corrected chi connectivity index (χ2v) is 29.5. The molecule has 4 amide bonds. The molecule has 2 rings (SSSR count). The number of carbonyl (C=O) groups is 4. The van der Waals surface area contributed by atoms with E-state index in [9.17, 15) is 19.2 Å². The molecule has 308 valence electrons. The number of ether oxygens (including phenoxy) is 2. The zero-order chi connectivity index (χ0) is 38.6. The quantitative estimate of drug-likeness (QED) is 0.0319. The van der Waals surface area contributed by atoms with E-state index in [1.165, 1.54) is 37.2 Å². The van der Waals surface area contributed by atoms with Crippen LogP contribution in [0.3, 0.4) is 0 Å². The van der Waals surface area contributed by atoms with Crippen LogP contribution in [0, 0.1) is 0 Å². The highest BCUT2D eigenvalue weighted by atomic mass is 33.1. The van der Waals surface area contributed by atoms with Gasteiger partial charge in [-0.2, -0.15) is 0 Å². The third-order valence-corrected chi connectivity index (χ3v) is 22.6. The highest BCUT2D eigenvalue weighted by molar-refractivity contribution is 8.77. The van der Waals surface area contributed by atoms with E-state index >= 15 is 0 Å². The van der Waals surface area contributed by atoms with Crippen molar-refractivity contribution in [3.05, 3.63) is 0 Å². The first-order chi connectivity index (χ1) is 25.4. The second kappa shape index (κ2) is 29.8. The number of unbranched alkanes of at least 4 members (excludes halogenated alkanes) is 2. The van der Waals surface area contributed by atoms with Crippen LogP contribution in [0.5, 0.6) is 0 Å². The van der Waals surface area contributed by atoms with Gasteiger partial charge in [-0.1, -0.05) is 56.0 Å². The average Bonchev–Trinajstić information content (AvgIpc) is 3.83. The van der Waals surface area contributed by atoms with Crippen LogP contribution in [0.15, 0.2) is 0 Å². The molecule has 2 saturated heterocycles. The summed E-state index contributed by atoms with van der Waals surface area (Å²) in [5, 5.41) is 13.3. The lowest BCUT2D eigenvalue weighted by Crippen LogP contribution is -2.45. The largest absolute Gasteiger partial charge is 0.455 e. The molecule has 2 aliphatic rings. The maximum absolute atomic E-state index is 12.2. The maximum atomic E-state index is 12.2. The van der Waals surface area contributed by atoms with Gasteiger partial charge in [0.05, 0.1) is 26.4 Å². The van der Waals surface area contributed by atoms with Crippen molar-refractivity contribution in [3.8, 4) is 0 Å². The highest BCUT2D eigenvalue weighted by Gasteiger charge is 2.32. The topological polar surface area (TPSA) is 144 Å². The first kappa shape index (κ1) is 48.7. The Balaban J connectivity index is 1.37. The Morgan fingerprint density at radius 3 is 1.32 bits per heavy atom. The maximum Gasteiger partial charge on any atom is 0.222 e. The van der Waals surface area contributed by atoms with Crippen LogP contribution < -0.4 is 21.3 Å². The molecular weight excluding hydrogens is 785 g/mol. The molecule has 0 aromatic rings. The molecule has 0 spiro atoms. The lowest BCUT2D eigenvalue weighted by Gasteiger charge is -2.34. The third kappa shape index (κ3) is 27.8. The molecule has 0 aliphatic carbocycles. The van der Waals surface area contributed by atoms with Gasteiger partial charge in [-0.05, 0) is 89.6 Å². The van der Waals surface area contributed by atoms with Crippen LogP contribution in [0.1, 0.15) is 89.9 Å². The number of carbonyl (C=O) groups excluding carboxylic acids is 4. The highest BCUT2D eigenvalue weighted by Crippen LogP contribution is 2.40. The van der Waals surface area contributed by atoms with Crippen molar-refractivity contribution in [1.82, 2.24) is 21.3 Å². The Morgan fingerprint density at radius 2 is 0.925 bits per heavy atom. The van der Waals surface area contributed by atoms with Gasteiger partial charge in [-0.25, -0.2) is 0 Å². The van der Waals surface area contributed by atoms with Crippen molar-refractivity contribution in [2.24, 2.45) is 0 Å². The lowest BCUT2D eigenvalue weighted by atomic mass is 10.1. The van der Waals surface area contributed by atoms with Crippen molar-refractivity contribution in [1.29, 1.82) is 0 Å². The zero-order valence-electron chi connectivity index (χ0n) is 33.0. The van der Waals surface area contributed by atoms with Gasteiger partial charge in [-0.3, -0.25) is 19.2 Å². The van der Waals surface area contributed by atoms with E-state index < -0.39 is 16.6 Å². The molecule has 11 nitrogen and oxygen atoms in total. The second-order valence-electron chi connectivity index (χ2n) is 15.1. The Morgan fingerprint density at radius 1 is 0.528 bits per heavy atom. The van der Waals surface area contributed by atoms with Crippen LogP contribution in [-0.2, 0) is 32.8 Å². The summed E-state index contributed by atoms with van der Waals surface area (Å²) in [7, 11) is 4.12. The van der Waals surface area contributed by atoms with Gasteiger partial charge in [0.15, 0.2) is 16.6 Å². The number of hydrogen-bond donors (Lipinski definition) is 4. The summed E-state index contributed by atoms with van der Waals surface area (Å²) in [4.78, 5) is 48.5. The summed E-state index contributed by atoms with van der Waals surface area (Å²) in [5.74, 6) is 2.62. The van der Waals surface area contributed by atoms with E-state index in [2.05, 4.69) is 47.5 Å². The average molecular weight is 855 g/mol. The van der Waals surface area contributed by atoms with Crippen molar-refractivity contribution in [2.75, 3.05) is 64.1 Å². The van der Waals surface area contributed by atoms with Crippen LogP contribution in [0.4, 0.5) is 0 Å². The molecular formula is C36H70N4O7S4Si2. The standard InChI is InChI=1S/C36H70N4O7S4Si2/c1-52(2,29-9-19-37-35(43)15-23-45-25-21-39-33(41)13-7-5-11-31-17-27-48-50-31)47-53(3,4)30-10-20-38-36(44)16-24-46-26-22-40-34(42)14-8-6-12-32-18-28-49-51-32/h31-32H,5-30H2,1-4H3,(H,37,43)(H,38,44)(H,39,41)(H,40,42). The Kier molecular flexibility index (Phi) is 27.4. The van der Waals surface area contributed by atoms with E-state index in [0.29, 0.717) is 78.3 Å². The minimum absolute atomic E-state index is 0.0191. The molecule has 2 atom stereocenters. The molecule has 4 N–H and O–H groups in total. The third-order valence-electron chi connectivity index (χ3n) is 9.01. The smallest absolute Gasteiger partial charge is 0.222 e. The van der Waals surface area contributed by atoms with Gasteiger partial charge in [0.2, 0.25) is 23.6 Å². The zero-order valence-corrected chi connectivity index (χ0v) is 38.3. The summed E-state index contributed by atoms with van der Waals surface area (Å²) >= 11 is 0. The fourth-order valence-electron chi connectivity index (χ4n) is 6.19. The van der Waals surface area contributed by atoms with Crippen LogP contribution >= 0.6 is 43.2 Å². The summed E-state index contributed by atoms with van der Waals surface area (Å²) in [6.07, 6.45) is 12.6. The molecule has 0 radical (unpaired) electrons. The van der Waals surface area contributed by atoms with Gasteiger partial charge in [0.25, 0.3) is 0 Å². The van der Waals surface area contributed by atoms with Gasteiger partial charge >= 0.3 is 0 Å². The molecule has 0 aromatic heterocycles. The summed E-state index contributed by atoms with van der Waals surface area (Å²) in [6.45, 7) is 12.7. The van der Waals surface area contributed by atoms with E-state index in [4.69, 9.17) is 13.6 Å². The van der Waals surface area contributed by atoms with Gasteiger partial charge in [0, 0.05) is 73.9 Å². The van der Waals surface area contributed by atoms with E-state index in [-0.39, 0.29) is 23.6 Å². The van der Waals surface area contributed by atoms with E-state index in [1.54, 1.807) is 0 Å². The molecule has 2 aliphatic heterocycles. The van der Waals surface area contributed by atoms with E-state index in [0.717, 1.165) is 61.1 Å². The Labute approximate surface area is 338 Å². The SMILES string of the molecule is C[Si](C)(CCCNC(=O)CCOCCNC(=O)CCCCC1CCSS1)O[Si](C)(C)CCCNC(=O)CCOCCNC(=O)CCCCC1CCSS1. The van der Waals surface area contributed by atoms with Crippen molar-refractivity contribution < 1.29 is 32.8 Å². The molecule has 0 aromatic carbocycles. The van der Waals surface area contributed by atoms with Gasteiger partial charge < -0.3 is 34.9 Å². The predicted octanol–water partition coefficient (Wildman–Crippen LogP) is 6.90. The summed E-state index contributed by atoms with van der Waals surface area (Å²) in [5.41, 5.74) is 0. The van der Waals surface area contributed by atoms with Crippen molar-refractivity contribution >= 4 is 83.4 Å². The minimum atomic E-state index is -1.89. The fraction of sp³-hybridized carbons (Fsp3) is 0.889. The molecule has 0 saturated carbocycles. The normalized spacial score (nSPS) is 17.5. The van der Waals surface area contributed by atoms with Gasteiger partial charge in [-0.15, -0.1) is 0 Å². The monoisotopic (exact) mass is 854 g/mol. The van der Waals surface area contributed by atoms with Crippen molar-refractivity contribution in [2.45, 2.75) is 139 Å². The summed E-state index contributed by atoms with van der Waals surface area (Å²) < 4.78 is 17.8. The number of rotatable bonds is 32. The van der Waals surface area contributed by atoms with E-state index in [1.807, 2.05) is 43.2 Å². The van der Waals surface area contributed by atoms with Crippen LogP contribution in [0.2, 0.25) is 38.3 Å². The van der Waals surface area contributed by atoms with Crippen LogP contribution in [-0.4, -0.2) is 115 Å². The predicted molar refractivity (Wildman–Crippen MR) is 232 cm³/mol. The molecule has 2 heterocycles. The van der Waals surface area contributed by atoms with Crippen molar-refractivity contribution in [3.63, 3.8) is 0 Å². The minimum Gasteiger partial charge on any atom is -0.455 e. The molecule has 17 heteroatoms. The number of amides is 4. The number of hydrogen-bond acceptors (Lipinski definition) is 11. The molecule has 2 unspecified atom stereocenters. The Hall–Kier alpha value is -0.406. The Bertz CT molecular complexity index is 962. The molecule has 0 bridgehead atoms. The van der Waals surface area contributed by atoms with Gasteiger partial charge in [0.1, 0.15) is 0 Å². The first-order valence-corrected chi connectivity index (χ1v) is 30.9. The number of nitrogens with one attached hydrogen (secondary N) is 4. The first-order valence-electron chi connectivity index (χ1n) is 19.9. The summed E-state index contributed by atoms with van der Waals surface area (Å²) in [6, 6.07) is 1.94. The molecule has 53 heavy (non-hydrogen) atoms. The van der Waals surface area contributed by atoms with Crippen LogP contribution in [0.25, 0.3) is 0 Å². The molecule has 2 fully saturated rings.